The average molecular weight is 300 g/mol. The molecule has 6 nitrogen and oxygen atoms in total. The topological polar surface area (TPSA) is 86.7 Å². The zero-order chi connectivity index (χ0) is 15.4. The number of fused-ring (bicyclic) bond motifs is 3. The molecule has 2 fully saturated rings. The van der Waals surface area contributed by atoms with Crippen molar-refractivity contribution >= 4 is 23.9 Å². The maximum absolute atomic E-state index is 11.9. The smallest absolute Gasteiger partial charge is 0.321 e. The lowest BCUT2D eigenvalue weighted by Crippen LogP contribution is -2.31. The van der Waals surface area contributed by atoms with Crippen LogP contribution in [0, 0.1) is 11.8 Å². The van der Waals surface area contributed by atoms with E-state index in [2.05, 4.69) is 4.74 Å². The van der Waals surface area contributed by atoms with Crippen molar-refractivity contribution in [3.05, 3.63) is 35.4 Å². The van der Waals surface area contributed by atoms with E-state index < -0.39 is 41.6 Å². The third kappa shape index (κ3) is 1.73. The normalized spacial score (nSPS) is 33.3. The molecule has 4 atom stereocenters. The fraction of sp³-hybridized carbons (Fsp3) is 0.375. The Balaban J connectivity index is 1.81. The number of hydrogen-bond donors (Lipinski definition) is 0. The van der Waals surface area contributed by atoms with E-state index in [9.17, 15) is 19.2 Å². The molecular formula is C16H12O6. The van der Waals surface area contributed by atoms with Gasteiger partial charge in [-0.2, -0.15) is 0 Å². The van der Waals surface area contributed by atoms with Crippen molar-refractivity contribution in [3.63, 3.8) is 0 Å². The van der Waals surface area contributed by atoms with Crippen LogP contribution in [0.25, 0.3) is 0 Å². The van der Waals surface area contributed by atoms with Gasteiger partial charge in [0.2, 0.25) is 0 Å². The molecule has 1 aromatic carbocycles. The number of benzene rings is 1. The number of carbonyl (C=O) groups excluding carboxylic acids is 4. The molecule has 0 bridgehead atoms. The first-order chi connectivity index (χ1) is 10.6. The van der Waals surface area contributed by atoms with Crippen LogP contribution in [0.2, 0.25) is 0 Å². The Bertz CT molecular complexity index is 721. The van der Waals surface area contributed by atoms with E-state index in [4.69, 9.17) is 4.74 Å². The van der Waals surface area contributed by atoms with Crippen molar-refractivity contribution in [2.24, 2.45) is 11.8 Å². The molecule has 2 aliphatic heterocycles. The molecule has 3 unspecified atom stereocenters. The van der Waals surface area contributed by atoms with Gasteiger partial charge in [-0.25, -0.2) is 0 Å². The number of rotatable bonds is 1. The maximum Gasteiger partial charge on any atom is 0.321 e. The predicted molar refractivity (Wildman–Crippen MR) is 70.3 cm³/mol. The second-order valence-corrected chi connectivity index (χ2v) is 5.90. The Morgan fingerprint density at radius 1 is 0.773 bits per heavy atom. The van der Waals surface area contributed by atoms with E-state index in [0.29, 0.717) is 12.0 Å². The van der Waals surface area contributed by atoms with E-state index in [-0.39, 0.29) is 12.3 Å². The molecule has 6 heteroatoms. The summed E-state index contributed by atoms with van der Waals surface area (Å²) in [6.07, 6.45) is 0.331. The largest absolute Gasteiger partial charge is 0.393 e. The van der Waals surface area contributed by atoms with Gasteiger partial charge < -0.3 is 9.47 Å². The summed E-state index contributed by atoms with van der Waals surface area (Å²) in [7, 11) is 0. The summed E-state index contributed by atoms with van der Waals surface area (Å²) in [5.41, 5.74) is 1.54. The number of ether oxygens (including phenoxy) is 2. The number of carbonyl (C=O) groups is 4. The molecule has 1 aliphatic carbocycles. The molecule has 0 spiro atoms. The van der Waals surface area contributed by atoms with Gasteiger partial charge in [0.25, 0.3) is 0 Å². The number of esters is 4. The van der Waals surface area contributed by atoms with Crippen LogP contribution >= 0.6 is 0 Å². The SMILES string of the molecule is O=C1CC([C@H]2CC3C(=O)OC(=O)C3c3ccccc32)C(=O)O1. The molecule has 2 heterocycles. The summed E-state index contributed by atoms with van der Waals surface area (Å²) in [4.78, 5) is 47.1. The molecule has 0 N–H and O–H groups in total. The Hall–Kier alpha value is -2.50. The molecular weight excluding hydrogens is 288 g/mol. The molecule has 1 aromatic rings. The predicted octanol–water partition coefficient (Wildman–Crippen LogP) is 1.05. The fourth-order valence-electron chi connectivity index (χ4n) is 3.83. The maximum atomic E-state index is 11.9. The van der Waals surface area contributed by atoms with Gasteiger partial charge in [0.1, 0.15) is 0 Å². The second-order valence-electron chi connectivity index (χ2n) is 5.90. The summed E-state index contributed by atoms with van der Waals surface area (Å²) >= 11 is 0. The fourth-order valence-corrected chi connectivity index (χ4v) is 3.83. The summed E-state index contributed by atoms with van der Waals surface area (Å²) in [6, 6.07) is 7.21. The third-order valence-electron chi connectivity index (χ3n) is 4.79. The minimum absolute atomic E-state index is 0.0121. The number of cyclic esters (lactones) is 4. The molecule has 112 valence electrons. The van der Waals surface area contributed by atoms with Gasteiger partial charge >= 0.3 is 23.9 Å². The van der Waals surface area contributed by atoms with Gasteiger partial charge in [0.15, 0.2) is 0 Å². The van der Waals surface area contributed by atoms with Crippen molar-refractivity contribution < 1.29 is 28.7 Å². The molecule has 0 saturated carbocycles. The lowest BCUT2D eigenvalue weighted by molar-refractivity contribution is -0.155. The van der Waals surface area contributed by atoms with Crippen molar-refractivity contribution in [1.29, 1.82) is 0 Å². The van der Waals surface area contributed by atoms with Crippen LogP contribution in [0.5, 0.6) is 0 Å². The van der Waals surface area contributed by atoms with E-state index in [1.165, 1.54) is 0 Å². The van der Waals surface area contributed by atoms with Gasteiger partial charge in [0, 0.05) is 0 Å². The summed E-state index contributed by atoms with van der Waals surface area (Å²) in [6.45, 7) is 0. The second kappa shape index (κ2) is 4.50. The van der Waals surface area contributed by atoms with Gasteiger partial charge in [-0.1, -0.05) is 24.3 Å². The Morgan fingerprint density at radius 2 is 1.45 bits per heavy atom. The quantitative estimate of drug-likeness (QED) is 0.569. The molecule has 0 radical (unpaired) electrons. The van der Waals surface area contributed by atoms with Crippen molar-refractivity contribution in [3.8, 4) is 0 Å². The molecule has 2 saturated heterocycles. The molecule has 0 aromatic heterocycles. The zero-order valence-corrected chi connectivity index (χ0v) is 11.5. The highest BCUT2D eigenvalue weighted by Crippen LogP contribution is 2.50. The molecule has 22 heavy (non-hydrogen) atoms. The van der Waals surface area contributed by atoms with Crippen LogP contribution in [0.15, 0.2) is 24.3 Å². The lowest BCUT2D eigenvalue weighted by atomic mass is 9.67. The van der Waals surface area contributed by atoms with Crippen LogP contribution in [0.3, 0.4) is 0 Å². The Labute approximate surface area is 125 Å². The summed E-state index contributed by atoms with van der Waals surface area (Å²) in [5.74, 6) is -4.28. The van der Waals surface area contributed by atoms with Gasteiger partial charge in [-0.15, -0.1) is 0 Å². The summed E-state index contributed by atoms with van der Waals surface area (Å²) < 4.78 is 9.40. The van der Waals surface area contributed by atoms with Gasteiger partial charge in [0.05, 0.1) is 24.2 Å². The van der Waals surface area contributed by atoms with Gasteiger partial charge in [-0.3, -0.25) is 19.2 Å². The average Bonchev–Trinajstić information content (AvgIpc) is 2.97. The standard InChI is InChI=1S/C16H12O6/c17-12-6-10(14(18)21-12)9-5-11-13(16(20)22-15(11)19)8-4-2-1-3-7(8)9/h1-4,9-11,13H,5-6H2/t9-,10?,11?,13?/m0/s1. The molecule has 3 aliphatic rings. The first kappa shape index (κ1) is 13.2. The Morgan fingerprint density at radius 3 is 2.14 bits per heavy atom. The summed E-state index contributed by atoms with van der Waals surface area (Å²) in [5, 5.41) is 0. The van der Waals surface area contributed by atoms with Crippen LogP contribution in [-0.2, 0) is 28.7 Å². The lowest BCUT2D eigenvalue weighted by Gasteiger charge is -2.32. The van der Waals surface area contributed by atoms with Crippen molar-refractivity contribution in [2.45, 2.75) is 24.7 Å². The van der Waals surface area contributed by atoms with Crippen LogP contribution in [-0.4, -0.2) is 23.9 Å². The van der Waals surface area contributed by atoms with Gasteiger partial charge in [-0.05, 0) is 23.5 Å². The zero-order valence-electron chi connectivity index (χ0n) is 11.5. The highest BCUT2D eigenvalue weighted by molar-refractivity contribution is 6.01. The highest BCUT2D eigenvalue weighted by Gasteiger charge is 2.53. The van der Waals surface area contributed by atoms with E-state index in [1.807, 2.05) is 12.1 Å². The third-order valence-corrected chi connectivity index (χ3v) is 4.79. The minimum atomic E-state index is -0.604. The molecule has 4 rings (SSSR count). The van der Waals surface area contributed by atoms with Crippen LogP contribution in [0.1, 0.15) is 35.8 Å². The van der Waals surface area contributed by atoms with E-state index >= 15 is 0 Å². The minimum Gasteiger partial charge on any atom is -0.393 e. The molecule has 0 amide bonds. The van der Waals surface area contributed by atoms with Crippen LogP contribution < -0.4 is 0 Å². The van der Waals surface area contributed by atoms with Crippen molar-refractivity contribution in [1.82, 2.24) is 0 Å². The first-order valence-electron chi connectivity index (χ1n) is 7.15. The van der Waals surface area contributed by atoms with E-state index in [0.717, 1.165) is 5.56 Å². The Kier molecular flexibility index (Phi) is 2.69. The van der Waals surface area contributed by atoms with E-state index in [1.54, 1.807) is 12.1 Å². The monoisotopic (exact) mass is 300 g/mol. The van der Waals surface area contributed by atoms with Crippen LogP contribution in [0.4, 0.5) is 0 Å². The first-order valence-corrected chi connectivity index (χ1v) is 7.15. The van der Waals surface area contributed by atoms with Crippen molar-refractivity contribution in [2.75, 3.05) is 0 Å². The number of hydrogen-bond acceptors (Lipinski definition) is 6. The highest BCUT2D eigenvalue weighted by atomic mass is 16.6.